The second-order valence-corrected chi connectivity index (χ2v) is 7.64. The lowest BCUT2D eigenvalue weighted by Crippen LogP contribution is -2.50. The van der Waals surface area contributed by atoms with Gasteiger partial charge in [-0.3, -0.25) is 4.79 Å². The van der Waals surface area contributed by atoms with Crippen molar-refractivity contribution >= 4 is 23.4 Å². The Hall–Kier alpha value is -1.94. The van der Waals surface area contributed by atoms with Gasteiger partial charge in [0.05, 0.1) is 5.25 Å². The topological polar surface area (TPSA) is 23.6 Å². The number of benzene rings is 2. The molecule has 126 valence electrons. The van der Waals surface area contributed by atoms with Crippen LogP contribution in [0.2, 0.25) is 0 Å². The van der Waals surface area contributed by atoms with Crippen LogP contribution in [0.25, 0.3) is 0 Å². The van der Waals surface area contributed by atoms with Gasteiger partial charge in [0, 0.05) is 36.8 Å². The van der Waals surface area contributed by atoms with E-state index in [0.29, 0.717) is 0 Å². The van der Waals surface area contributed by atoms with Crippen molar-refractivity contribution in [2.24, 2.45) is 0 Å². The number of rotatable bonds is 4. The molecule has 0 N–H and O–H groups in total. The van der Waals surface area contributed by atoms with E-state index in [1.54, 1.807) is 11.8 Å². The average molecular weight is 340 g/mol. The number of anilines is 1. The molecule has 0 radical (unpaired) electrons. The summed E-state index contributed by atoms with van der Waals surface area (Å²) in [7, 11) is 0. The Morgan fingerprint density at radius 3 is 2.38 bits per heavy atom. The van der Waals surface area contributed by atoms with Crippen LogP contribution in [0.3, 0.4) is 0 Å². The summed E-state index contributed by atoms with van der Waals surface area (Å²) in [6.45, 7) is 7.52. The molecule has 1 unspecified atom stereocenters. The van der Waals surface area contributed by atoms with Gasteiger partial charge in [0.15, 0.2) is 0 Å². The Kier molecular flexibility index (Phi) is 5.46. The Morgan fingerprint density at radius 2 is 1.71 bits per heavy atom. The van der Waals surface area contributed by atoms with E-state index in [9.17, 15) is 4.79 Å². The minimum Gasteiger partial charge on any atom is -0.368 e. The molecule has 1 amide bonds. The maximum Gasteiger partial charge on any atom is 0.235 e. The van der Waals surface area contributed by atoms with E-state index in [2.05, 4.69) is 48.2 Å². The Morgan fingerprint density at radius 1 is 1.00 bits per heavy atom. The Bertz CT molecular complexity index is 681. The van der Waals surface area contributed by atoms with Gasteiger partial charge in [-0.15, -0.1) is 11.8 Å². The van der Waals surface area contributed by atoms with Crippen LogP contribution < -0.4 is 4.90 Å². The van der Waals surface area contributed by atoms with Gasteiger partial charge < -0.3 is 9.80 Å². The molecule has 2 aromatic rings. The van der Waals surface area contributed by atoms with Crippen molar-refractivity contribution in [2.75, 3.05) is 31.1 Å². The van der Waals surface area contributed by atoms with E-state index in [-0.39, 0.29) is 11.2 Å². The molecule has 0 aliphatic carbocycles. The van der Waals surface area contributed by atoms with Gasteiger partial charge >= 0.3 is 0 Å². The number of thioether (sulfide) groups is 1. The Labute approximate surface area is 148 Å². The number of carbonyl (C=O) groups excluding carboxylic acids is 1. The molecule has 4 heteroatoms. The standard InChI is InChI=1S/C20H24N2OS/c1-16-7-6-8-18(15-16)21-11-13-22(14-12-21)20(23)17(2)24-19-9-4-3-5-10-19/h3-10,15,17H,11-14H2,1-2H3. The molecular weight excluding hydrogens is 316 g/mol. The fraction of sp³-hybridized carbons (Fsp3) is 0.350. The van der Waals surface area contributed by atoms with Crippen LogP contribution in [0.5, 0.6) is 0 Å². The summed E-state index contributed by atoms with van der Waals surface area (Å²) in [6, 6.07) is 18.7. The molecule has 0 saturated carbocycles. The molecular formula is C20H24N2OS. The van der Waals surface area contributed by atoms with Gasteiger partial charge in [-0.25, -0.2) is 0 Å². The maximum atomic E-state index is 12.7. The summed E-state index contributed by atoms with van der Waals surface area (Å²) >= 11 is 1.64. The van der Waals surface area contributed by atoms with Gasteiger partial charge in [0.1, 0.15) is 0 Å². The predicted octanol–water partition coefficient (Wildman–Crippen LogP) is 3.82. The first kappa shape index (κ1) is 16.9. The van der Waals surface area contributed by atoms with Gasteiger partial charge in [0.25, 0.3) is 0 Å². The number of amides is 1. The van der Waals surface area contributed by atoms with E-state index in [0.717, 1.165) is 31.1 Å². The van der Waals surface area contributed by atoms with Crippen molar-refractivity contribution < 1.29 is 4.79 Å². The maximum absolute atomic E-state index is 12.7. The summed E-state index contributed by atoms with van der Waals surface area (Å²) in [4.78, 5) is 18.2. The van der Waals surface area contributed by atoms with E-state index >= 15 is 0 Å². The highest BCUT2D eigenvalue weighted by Gasteiger charge is 2.25. The van der Waals surface area contributed by atoms with Crippen molar-refractivity contribution in [3.05, 3.63) is 60.2 Å². The lowest BCUT2D eigenvalue weighted by atomic mass is 10.2. The van der Waals surface area contributed by atoms with Gasteiger partial charge in [-0.2, -0.15) is 0 Å². The summed E-state index contributed by atoms with van der Waals surface area (Å²) in [6.07, 6.45) is 0. The average Bonchev–Trinajstić information content (AvgIpc) is 2.62. The number of aryl methyl sites for hydroxylation is 1. The highest BCUT2D eigenvalue weighted by molar-refractivity contribution is 8.00. The monoisotopic (exact) mass is 340 g/mol. The van der Waals surface area contributed by atoms with Gasteiger partial charge in [0.2, 0.25) is 5.91 Å². The first-order valence-electron chi connectivity index (χ1n) is 8.45. The molecule has 0 aromatic heterocycles. The minimum atomic E-state index is -0.0436. The number of piperazine rings is 1. The molecule has 3 nitrogen and oxygen atoms in total. The molecule has 1 fully saturated rings. The van der Waals surface area contributed by atoms with E-state index in [1.807, 2.05) is 30.0 Å². The summed E-state index contributed by atoms with van der Waals surface area (Å²) in [5, 5.41) is -0.0436. The van der Waals surface area contributed by atoms with Crippen LogP contribution in [-0.4, -0.2) is 42.2 Å². The fourth-order valence-electron chi connectivity index (χ4n) is 3.02. The second-order valence-electron chi connectivity index (χ2n) is 6.22. The highest BCUT2D eigenvalue weighted by atomic mass is 32.2. The SMILES string of the molecule is Cc1cccc(N2CCN(C(=O)C(C)Sc3ccccc3)CC2)c1. The molecule has 3 rings (SSSR count). The van der Waals surface area contributed by atoms with Crippen LogP contribution in [-0.2, 0) is 4.79 Å². The summed E-state index contributed by atoms with van der Waals surface area (Å²) < 4.78 is 0. The first-order chi connectivity index (χ1) is 11.6. The third kappa shape index (κ3) is 4.12. The summed E-state index contributed by atoms with van der Waals surface area (Å²) in [5.41, 5.74) is 2.53. The fourth-order valence-corrected chi connectivity index (χ4v) is 3.99. The van der Waals surface area contributed by atoms with Crippen molar-refractivity contribution in [2.45, 2.75) is 24.0 Å². The lowest BCUT2D eigenvalue weighted by molar-refractivity contribution is -0.130. The zero-order valence-electron chi connectivity index (χ0n) is 14.3. The van der Waals surface area contributed by atoms with Crippen LogP contribution in [0.15, 0.2) is 59.5 Å². The van der Waals surface area contributed by atoms with Gasteiger partial charge in [-0.05, 0) is 43.7 Å². The predicted molar refractivity (Wildman–Crippen MR) is 102 cm³/mol. The van der Waals surface area contributed by atoms with Crippen molar-refractivity contribution in [3.63, 3.8) is 0 Å². The zero-order chi connectivity index (χ0) is 16.9. The minimum absolute atomic E-state index is 0.0436. The molecule has 2 aromatic carbocycles. The quantitative estimate of drug-likeness (QED) is 0.791. The molecule has 1 aliphatic rings. The molecule has 1 atom stereocenters. The number of hydrogen-bond donors (Lipinski definition) is 0. The molecule has 0 bridgehead atoms. The zero-order valence-corrected chi connectivity index (χ0v) is 15.1. The van der Waals surface area contributed by atoms with Crippen molar-refractivity contribution in [1.29, 1.82) is 0 Å². The van der Waals surface area contributed by atoms with Crippen LogP contribution in [0.1, 0.15) is 12.5 Å². The van der Waals surface area contributed by atoms with Crippen LogP contribution >= 0.6 is 11.8 Å². The molecule has 1 heterocycles. The van der Waals surface area contributed by atoms with E-state index in [1.165, 1.54) is 11.3 Å². The lowest BCUT2D eigenvalue weighted by Gasteiger charge is -2.37. The van der Waals surface area contributed by atoms with Crippen molar-refractivity contribution in [3.8, 4) is 0 Å². The van der Waals surface area contributed by atoms with E-state index < -0.39 is 0 Å². The number of hydrogen-bond acceptors (Lipinski definition) is 3. The third-order valence-corrected chi connectivity index (χ3v) is 5.46. The van der Waals surface area contributed by atoms with E-state index in [4.69, 9.17) is 0 Å². The van der Waals surface area contributed by atoms with Gasteiger partial charge in [-0.1, -0.05) is 30.3 Å². The highest BCUT2D eigenvalue weighted by Crippen LogP contribution is 2.25. The number of carbonyl (C=O) groups is 1. The summed E-state index contributed by atoms with van der Waals surface area (Å²) in [5.74, 6) is 0.243. The molecule has 1 aliphatic heterocycles. The molecule has 24 heavy (non-hydrogen) atoms. The van der Waals surface area contributed by atoms with Crippen molar-refractivity contribution in [1.82, 2.24) is 4.90 Å². The van der Waals surface area contributed by atoms with Crippen LogP contribution in [0.4, 0.5) is 5.69 Å². The molecule has 0 spiro atoms. The van der Waals surface area contributed by atoms with Crippen LogP contribution in [0, 0.1) is 6.92 Å². The molecule has 1 saturated heterocycles. The number of nitrogens with zero attached hydrogens (tertiary/aromatic N) is 2. The smallest absolute Gasteiger partial charge is 0.235 e. The Balaban J connectivity index is 1.55. The first-order valence-corrected chi connectivity index (χ1v) is 9.33. The third-order valence-electron chi connectivity index (χ3n) is 4.36. The normalized spacial score (nSPS) is 16.1. The largest absolute Gasteiger partial charge is 0.368 e. The second kappa shape index (κ2) is 7.75.